The molecule has 0 spiro atoms. The van der Waals surface area contributed by atoms with Crippen LogP contribution >= 0.6 is 0 Å². The van der Waals surface area contributed by atoms with E-state index in [1.54, 1.807) is 6.08 Å². The number of ketones is 1. The molecule has 80 valence electrons. The molecular formula is C12H20O2. The lowest BCUT2D eigenvalue weighted by Gasteiger charge is -2.13. The van der Waals surface area contributed by atoms with E-state index in [2.05, 4.69) is 0 Å². The third kappa shape index (κ3) is 4.56. The summed E-state index contributed by atoms with van der Waals surface area (Å²) < 4.78 is 5.25. The van der Waals surface area contributed by atoms with Crippen molar-refractivity contribution in [2.45, 2.75) is 52.1 Å². The van der Waals surface area contributed by atoms with Gasteiger partial charge in [0.1, 0.15) is 6.61 Å². The van der Waals surface area contributed by atoms with Crippen LogP contribution in [0.5, 0.6) is 0 Å². The summed E-state index contributed by atoms with van der Waals surface area (Å²) in [6, 6.07) is 0. The molecule has 0 unspecified atom stereocenters. The first-order valence-electron chi connectivity index (χ1n) is 5.52. The molecule has 0 saturated heterocycles. The van der Waals surface area contributed by atoms with E-state index in [1.807, 2.05) is 13.8 Å². The normalized spacial score (nSPS) is 17.2. The first kappa shape index (κ1) is 11.4. The summed E-state index contributed by atoms with van der Waals surface area (Å²) in [7, 11) is 0. The van der Waals surface area contributed by atoms with Crippen LogP contribution in [0.15, 0.2) is 11.6 Å². The number of allylic oxidation sites excluding steroid dienone is 1. The zero-order chi connectivity index (χ0) is 10.4. The Kier molecular flexibility index (Phi) is 4.88. The highest BCUT2D eigenvalue weighted by atomic mass is 16.5. The highest BCUT2D eigenvalue weighted by molar-refractivity contribution is 5.91. The lowest BCUT2D eigenvalue weighted by Crippen LogP contribution is -2.12. The highest BCUT2D eigenvalue weighted by Gasteiger charge is 2.07. The standard InChI is InChI=1S/C12H20O2/c1-10(2)14-9-12(13)8-11-6-4-3-5-7-11/h8,10H,3-7,9H2,1-2H3. The number of hydrogen-bond acceptors (Lipinski definition) is 2. The Hall–Kier alpha value is -0.630. The monoisotopic (exact) mass is 196 g/mol. The van der Waals surface area contributed by atoms with Gasteiger partial charge in [-0.15, -0.1) is 0 Å². The highest BCUT2D eigenvalue weighted by Crippen LogP contribution is 2.22. The largest absolute Gasteiger partial charge is 0.371 e. The number of hydrogen-bond donors (Lipinski definition) is 0. The van der Waals surface area contributed by atoms with Crippen LogP contribution in [0.3, 0.4) is 0 Å². The lowest BCUT2D eigenvalue weighted by atomic mass is 9.94. The van der Waals surface area contributed by atoms with Gasteiger partial charge in [0.15, 0.2) is 5.78 Å². The molecule has 14 heavy (non-hydrogen) atoms. The second kappa shape index (κ2) is 5.97. The zero-order valence-corrected chi connectivity index (χ0v) is 9.21. The van der Waals surface area contributed by atoms with Gasteiger partial charge in [-0.3, -0.25) is 4.79 Å². The van der Waals surface area contributed by atoms with E-state index < -0.39 is 0 Å². The molecule has 1 rings (SSSR count). The molecule has 0 aromatic heterocycles. The van der Waals surface area contributed by atoms with Gasteiger partial charge in [-0.25, -0.2) is 0 Å². The maximum Gasteiger partial charge on any atom is 0.181 e. The summed E-state index contributed by atoms with van der Waals surface area (Å²) in [5.74, 6) is 0.121. The van der Waals surface area contributed by atoms with E-state index in [0.29, 0.717) is 0 Å². The van der Waals surface area contributed by atoms with Gasteiger partial charge in [0.2, 0.25) is 0 Å². The van der Waals surface area contributed by atoms with Crippen molar-refractivity contribution in [3.8, 4) is 0 Å². The number of carbonyl (C=O) groups is 1. The summed E-state index contributed by atoms with van der Waals surface area (Å²) in [6.07, 6.45) is 7.94. The number of rotatable bonds is 4. The summed E-state index contributed by atoms with van der Waals surface area (Å²) in [6.45, 7) is 4.13. The predicted molar refractivity (Wildman–Crippen MR) is 57.3 cm³/mol. The minimum absolute atomic E-state index is 0.121. The number of carbonyl (C=O) groups excluding carboxylic acids is 1. The first-order valence-corrected chi connectivity index (χ1v) is 5.52. The van der Waals surface area contributed by atoms with Gasteiger partial charge < -0.3 is 4.74 Å². The fourth-order valence-electron chi connectivity index (χ4n) is 1.67. The van der Waals surface area contributed by atoms with E-state index in [1.165, 1.54) is 24.8 Å². The molecule has 0 bridgehead atoms. The molecule has 1 aliphatic carbocycles. The van der Waals surface area contributed by atoms with E-state index in [9.17, 15) is 4.79 Å². The van der Waals surface area contributed by atoms with E-state index >= 15 is 0 Å². The molecule has 0 amide bonds. The van der Waals surface area contributed by atoms with Gasteiger partial charge in [-0.05, 0) is 45.6 Å². The van der Waals surface area contributed by atoms with Gasteiger partial charge in [0.05, 0.1) is 6.10 Å². The van der Waals surface area contributed by atoms with Crippen LogP contribution in [-0.4, -0.2) is 18.5 Å². The van der Waals surface area contributed by atoms with Crippen molar-refractivity contribution < 1.29 is 9.53 Å². The molecule has 0 aliphatic heterocycles. The van der Waals surface area contributed by atoms with Crippen molar-refractivity contribution >= 4 is 5.78 Å². The molecule has 0 atom stereocenters. The van der Waals surface area contributed by atoms with E-state index in [4.69, 9.17) is 4.74 Å². The maximum atomic E-state index is 11.4. The molecule has 1 saturated carbocycles. The molecule has 1 fully saturated rings. The van der Waals surface area contributed by atoms with Gasteiger partial charge >= 0.3 is 0 Å². The summed E-state index contributed by atoms with van der Waals surface area (Å²) in [5.41, 5.74) is 1.31. The van der Waals surface area contributed by atoms with Crippen molar-refractivity contribution in [1.82, 2.24) is 0 Å². The number of ether oxygens (including phenoxy) is 1. The molecule has 0 N–H and O–H groups in total. The molecule has 0 aromatic rings. The van der Waals surface area contributed by atoms with Crippen LogP contribution in [0.2, 0.25) is 0 Å². The third-order valence-corrected chi connectivity index (χ3v) is 2.42. The molecular weight excluding hydrogens is 176 g/mol. The Bertz CT molecular complexity index is 208. The van der Waals surface area contributed by atoms with Crippen LogP contribution < -0.4 is 0 Å². The Morgan fingerprint density at radius 1 is 1.36 bits per heavy atom. The fraction of sp³-hybridized carbons (Fsp3) is 0.750. The molecule has 0 heterocycles. The zero-order valence-electron chi connectivity index (χ0n) is 9.21. The summed E-state index contributed by atoms with van der Waals surface area (Å²) >= 11 is 0. The maximum absolute atomic E-state index is 11.4. The van der Waals surface area contributed by atoms with Crippen LogP contribution in [0.1, 0.15) is 46.0 Å². The SMILES string of the molecule is CC(C)OCC(=O)C=C1CCCCC1. The van der Waals surface area contributed by atoms with Crippen LogP contribution in [-0.2, 0) is 9.53 Å². The molecule has 2 heteroatoms. The van der Waals surface area contributed by atoms with E-state index in [0.717, 1.165) is 12.8 Å². The van der Waals surface area contributed by atoms with Crippen LogP contribution in [0, 0.1) is 0 Å². The van der Waals surface area contributed by atoms with Gasteiger partial charge in [-0.2, -0.15) is 0 Å². The average molecular weight is 196 g/mol. The van der Waals surface area contributed by atoms with Gasteiger partial charge in [-0.1, -0.05) is 12.0 Å². The second-order valence-corrected chi connectivity index (χ2v) is 4.19. The predicted octanol–water partition coefficient (Wildman–Crippen LogP) is 2.87. The Morgan fingerprint density at radius 2 is 2.00 bits per heavy atom. The topological polar surface area (TPSA) is 26.3 Å². The lowest BCUT2D eigenvalue weighted by molar-refractivity contribution is -0.120. The summed E-state index contributed by atoms with van der Waals surface area (Å²) in [4.78, 5) is 11.4. The Labute approximate surface area is 86.3 Å². The fourth-order valence-corrected chi connectivity index (χ4v) is 1.67. The van der Waals surface area contributed by atoms with Crippen molar-refractivity contribution in [2.75, 3.05) is 6.61 Å². The quantitative estimate of drug-likeness (QED) is 0.646. The minimum Gasteiger partial charge on any atom is -0.371 e. The van der Waals surface area contributed by atoms with Crippen molar-refractivity contribution in [3.63, 3.8) is 0 Å². The third-order valence-electron chi connectivity index (χ3n) is 2.42. The smallest absolute Gasteiger partial charge is 0.181 e. The molecule has 1 aliphatic rings. The minimum atomic E-state index is 0.121. The molecule has 0 aromatic carbocycles. The average Bonchev–Trinajstić information content (AvgIpc) is 2.16. The van der Waals surface area contributed by atoms with Crippen molar-refractivity contribution in [1.29, 1.82) is 0 Å². The molecule has 2 nitrogen and oxygen atoms in total. The first-order chi connectivity index (χ1) is 6.68. The van der Waals surface area contributed by atoms with Crippen molar-refractivity contribution in [3.05, 3.63) is 11.6 Å². The van der Waals surface area contributed by atoms with Crippen LogP contribution in [0.25, 0.3) is 0 Å². The van der Waals surface area contributed by atoms with E-state index in [-0.39, 0.29) is 18.5 Å². The summed E-state index contributed by atoms with van der Waals surface area (Å²) in [5, 5.41) is 0. The van der Waals surface area contributed by atoms with Crippen LogP contribution in [0.4, 0.5) is 0 Å². The van der Waals surface area contributed by atoms with Gasteiger partial charge in [0, 0.05) is 0 Å². The van der Waals surface area contributed by atoms with Crippen molar-refractivity contribution in [2.24, 2.45) is 0 Å². The Balaban J connectivity index is 2.30. The molecule has 0 radical (unpaired) electrons. The van der Waals surface area contributed by atoms with Gasteiger partial charge in [0.25, 0.3) is 0 Å². The second-order valence-electron chi connectivity index (χ2n) is 4.19. The Morgan fingerprint density at radius 3 is 2.57 bits per heavy atom.